The Kier molecular flexibility index (Phi) is 3.97. The Morgan fingerprint density at radius 3 is 1.77 bits per heavy atom. The Morgan fingerprint density at radius 1 is 0.909 bits per heavy atom. The van der Waals surface area contributed by atoms with Crippen LogP contribution >= 0.6 is 0 Å². The first-order valence-corrected chi connectivity index (χ1v) is 8.95. The fourth-order valence-electron chi connectivity index (χ4n) is 3.60. The maximum atomic E-state index is 12.8. The third kappa shape index (κ3) is 2.76. The maximum absolute atomic E-state index is 12.8. The van der Waals surface area contributed by atoms with Crippen LogP contribution in [0.1, 0.15) is 44.1 Å². The Hall–Kier alpha value is -1.08. The van der Waals surface area contributed by atoms with E-state index < -0.39 is 21.8 Å². The van der Waals surface area contributed by atoms with Gasteiger partial charge < -0.3 is 0 Å². The zero-order valence-corrected chi connectivity index (χ0v) is 12.8. The monoisotopic (exact) mass is 333 g/mol. The summed E-state index contributed by atoms with van der Waals surface area (Å²) < 4.78 is 65.0. The fourth-order valence-corrected chi connectivity index (χ4v) is 5.53. The van der Waals surface area contributed by atoms with Crippen LogP contribution in [0.15, 0.2) is 29.2 Å². The van der Waals surface area contributed by atoms with Crippen LogP contribution in [0.25, 0.3) is 0 Å². The summed E-state index contributed by atoms with van der Waals surface area (Å²) in [5.74, 6) is 0. The molecule has 0 aromatic heterocycles. The third-order valence-electron chi connectivity index (χ3n) is 4.63. The van der Waals surface area contributed by atoms with Gasteiger partial charge in [0.15, 0.2) is 0 Å². The Morgan fingerprint density at radius 2 is 1.36 bits per heavy atom. The molecule has 0 atom stereocenters. The van der Waals surface area contributed by atoms with Crippen LogP contribution in [0.5, 0.6) is 0 Å². The van der Waals surface area contributed by atoms with Gasteiger partial charge in [0.25, 0.3) is 0 Å². The predicted molar refractivity (Wildman–Crippen MR) is 75.7 cm³/mol. The number of fused-ring (bicyclic) bond motifs is 2. The molecule has 2 bridgehead atoms. The molecule has 3 nitrogen and oxygen atoms in total. The molecule has 7 heteroatoms. The number of alkyl halides is 3. The number of hydrogen-bond donors (Lipinski definition) is 0. The Bertz CT molecular complexity index is 618. The highest BCUT2D eigenvalue weighted by molar-refractivity contribution is 7.89. The van der Waals surface area contributed by atoms with E-state index in [0.717, 1.165) is 62.8 Å². The van der Waals surface area contributed by atoms with Crippen LogP contribution in [-0.2, 0) is 16.2 Å². The predicted octanol–water partition coefficient (Wildman–Crippen LogP) is 3.80. The molecule has 1 aromatic carbocycles. The molecule has 0 N–H and O–H groups in total. The van der Waals surface area contributed by atoms with Crippen molar-refractivity contribution in [3.05, 3.63) is 29.8 Å². The van der Waals surface area contributed by atoms with Gasteiger partial charge in [0.05, 0.1) is 10.5 Å². The van der Waals surface area contributed by atoms with Gasteiger partial charge in [-0.3, -0.25) is 0 Å². The SMILES string of the molecule is O=S(=O)(c1ccc(C(F)(F)F)cc1)N1C2CCCC1CCC2. The number of halogens is 3. The second-order valence-electron chi connectivity index (χ2n) is 6.03. The van der Waals surface area contributed by atoms with Crippen molar-refractivity contribution >= 4 is 10.0 Å². The molecule has 1 aromatic rings. The third-order valence-corrected chi connectivity index (χ3v) is 6.65. The summed E-state index contributed by atoms with van der Waals surface area (Å²) in [4.78, 5) is -0.0423. The summed E-state index contributed by atoms with van der Waals surface area (Å²) in [7, 11) is -3.72. The number of piperidine rings is 2. The molecule has 2 saturated heterocycles. The number of benzene rings is 1. The zero-order valence-electron chi connectivity index (χ0n) is 12.0. The molecule has 2 fully saturated rings. The van der Waals surface area contributed by atoms with Crippen LogP contribution in [0.3, 0.4) is 0 Å². The summed E-state index contributed by atoms with van der Waals surface area (Å²) >= 11 is 0. The van der Waals surface area contributed by atoms with E-state index in [0.29, 0.717) is 0 Å². The average molecular weight is 333 g/mol. The highest BCUT2D eigenvalue weighted by Crippen LogP contribution is 2.38. The first-order chi connectivity index (χ1) is 10.3. The summed E-state index contributed by atoms with van der Waals surface area (Å²) in [6.45, 7) is 0. The topological polar surface area (TPSA) is 37.4 Å². The van der Waals surface area contributed by atoms with E-state index in [1.807, 2.05) is 0 Å². The lowest BCUT2D eigenvalue weighted by Gasteiger charge is -2.44. The van der Waals surface area contributed by atoms with Gasteiger partial charge >= 0.3 is 6.18 Å². The molecule has 3 rings (SSSR count). The van der Waals surface area contributed by atoms with E-state index in [4.69, 9.17) is 0 Å². The van der Waals surface area contributed by atoms with Crippen LogP contribution in [0.4, 0.5) is 13.2 Å². The Labute approximate surface area is 128 Å². The molecule has 2 heterocycles. The summed E-state index contributed by atoms with van der Waals surface area (Å²) in [5.41, 5.74) is -0.828. The summed E-state index contributed by atoms with van der Waals surface area (Å²) in [6.07, 6.45) is 0.964. The van der Waals surface area contributed by atoms with E-state index in [1.165, 1.54) is 0 Å². The second-order valence-corrected chi connectivity index (χ2v) is 7.87. The molecule has 0 saturated carbocycles. The quantitative estimate of drug-likeness (QED) is 0.825. The molecular weight excluding hydrogens is 315 g/mol. The van der Waals surface area contributed by atoms with Gasteiger partial charge in [-0.05, 0) is 49.9 Å². The van der Waals surface area contributed by atoms with Crippen molar-refractivity contribution in [1.29, 1.82) is 0 Å². The van der Waals surface area contributed by atoms with Crippen molar-refractivity contribution in [3.63, 3.8) is 0 Å². The molecule has 0 radical (unpaired) electrons. The normalized spacial score (nSPS) is 26.9. The van der Waals surface area contributed by atoms with Gasteiger partial charge in [-0.1, -0.05) is 12.8 Å². The van der Waals surface area contributed by atoms with Gasteiger partial charge in [-0.25, -0.2) is 8.42 Å². The minimum atomic E-state index is -4.45. The van der Waals surface area contributed by atoms with Crippen LogP contribution < -0.4 is 0 Å². The highest BCUT2D eigenvalue weighted by atomic mass is 32.2. The van der Waals surface area contributed by atoms with Gasteiger partial charge in [0, 0.05) is 12.1 Å². The van der Waals surface area contributed by atoms with Crippen LogP contribution in [0, 0.1) is 0 Å². The lowest BCUT2D eigenvalue weighted by Crippen LogP contribution is -2.52. The van der Waals surface area contributed by atoms with Gasteiger partial charge in [-0.2, -0.15) is 17.5 Å². The van der Waals surface area contributed by atoms with E-state index in [1.54, 1.807) is 4.31 Å². The van der Waals surface area contributed by atoms with E-state index in [-0.39, 0.29) is 17.0 Å². The fraction of sp³-hybridized carbons (Fsp3) is 0.600. The molecule has 0 unspecified atom stereocenters. The van der Waals surface area contributed by atoms with E-state index >= 15 is 0 Å². The molecule has 2 aliphatic rings. The minimum absolute atomic E-state index is 0.000192. The van der Waals surface area contributed by atoms with Crippen molar-refractivity contribution in [2.45, 2.75) is 61.7 Å². The molecule has 2 aliphatic heterocycles. The van der Waals surface area contributed by atoms with Gasteiger partial charge in [0.1, 0.15) is 0 Å². The molecule has 0 aliphatic carbocycles. The van der Waals surface area contributed by atoms with Crippen LogP contribution in [0.2, 0.25) is 0 Å². The first-order valence-electron chi connectivity index (χ1n) is 7.51. The van der Waals surface area contributed by atoms with Crippen molar-refractivity contribution in [2.24, 2.45) is 0 Å². The van der Waals surface area contributed by atoms with Crippen molar-refractivity contribution < 1.29 is 21.6 Å². The molecular formula is C15H18F3NO2S. The van der Waals surface area contributed by atoms with E-state index in [9.17, 15) is 21.6 Å². The Balaban J connectivity index is 1.92. The first kappa shape index (κ1) is 15.8. The molecule has 122 valence electrons. The maximum Gasteiger partial charge on any atom is 0.416 e. The minimum Gasteiger partial charge on any atom is -0.207 e. The number of nitrogens with zero attached hydrogens (tertiary/aromatic N) is 1. The van der Waals surface area contributed by atoms with Crippen molar-refractivity contribution in [3.8, 4) is 0 Å². The van der Waals surface area contributed by atoms with Crippen LogP contribution in [-0.4, -0.2) is 24.8 Å². The highest BCUT2D eigenvalue weighted by Gasteiger charge is 2.42. The molecule has 22 heavy (non-hydrogen) atoms. The number of rotatable bonds is 2. The smallest absolute Gasteiger partial charge is 0.207 e. The lowest BCUT2D eigenvalue weighted by atomic mass is 9.87. The lowest BCUT2D eigenvalue weighted by molar-refractivity contribution is -0.137. The largest absolute Gasteiger partial charge is 0.416 e. The molecule has 0 spiro atoms. The number of hydrogen-bond acceptors (Lipinski definition) is 2. The van der Waals surface area contributed by atoms with Gasteiger partial charge in [-0.15, -0.1) is 0 Å². The van der Waals surface area contributed by atoms with Crippen molar-refractivity contribution in [2.75, 3.05) is 0 Å². The summed E-state index contributed by atoms with van der Waals surface area (Å²) in [5, 5.41) is 0. The standard InChI is InChI=1S/C15H18F3NO2S/c16-15(17,18)11-7-9-14(10-8-11)22(20,21)19-12-3-1-4-13(19)6-2-5-12/h7-10,12-13H,1-6H2. The molecule has 0 amide bonds. The van der Waals surface area contributed by atoms with Crippen molar-refractivity contribution in [1.82, 2.24) is 4.31 Å². The summed E-state index contributed by atoms with van der Waals surface area (Å²) in [6, 6.07) is 3.82. The average Bonchev–Trinajstić information content (AvgIpc) is 2.45. The van der Waals surface area contributed by atoms with E-state index in [2.05, 4.69) is 0 Å². The number of sulfonamides is 1. The van der Waals surface area contributed by atoms with Gasteiger partial charge in [0.2, 0.25) is 10.0 Å². The zero-order chi connectivity index (χ0) is 16.0. The second kappa shape index (κ2) is 5.53.